The Hall–Kier alpha value is -0.130. The van der Waals surface area contributed by atoms with Crippen molar-refractivity contribution < 1.29 is 0 Å². The summed E-state index contributed by atoms with van der Waals surface area (Å²) in [4.78, 5) is 2.57. The third-order valence-electron chi connectivity index (χ3n) is 3.56. The molecular formula is C14H21IN2. The number of rotatable bonds is 4. The molecule has 1 heterocycles. The monoisotopic (exact) mass is 344 g/mol. The van der Waals surface area contributed by atoms with Crippen LogP contribution in [0.3, 0.4) is 0 Å². The molecule has 2 nitrogen and oxygen atoms in total. The van der Waals surface area contributed by atoms with Crippen LogP contribution in [-0.4, -0.2) is 31.6 Å². The van der Waals surface area contributed by atoms with Crippen molar-refractivity contribution in [3.05, 3.63) is 33.4 Å². The van der Waals surface area contributed by atoms with Gasteiger partial charge in [0.05, 0.1) is 0 Å². The zero-order chi connectivity index (χ0) is 12.3. The maximum Gasteiger partial charge on any atom is 0.0233 e. The van der Waals surface area contributed by atoms with Gasteiger partial charge in [-0.05, 0) is 65.7 Å². The number of benzene rings is 1. The number of hydrogen-bond acceptors (Lipinski definition) is 2. The van der Waals surface area contributed by atoms with Crippen LogP contribution in [-0.2, 0) is 6.54 Å². The van der Waals surface area contributed by atoms with Crippen molar-refractivity contribution in [3.63, 3.8) is 0 Å². The van der Waals surface area contributed by atoms with Crippen LogP contribution >= 0.6 is 22.6 Å². The summed E-state index contributed by atoms with van der Waals surface area (Å²) in [7, 11) is 2.05. The fraction of sp³-hybridized carbons (Fsp3) is 0.571. The summed E-state index contributed by atoms with van der Waals surface area (Å²) in [6.45, 7) is 7.04. The van der Waals surface area contributed by atoms with Crippen molar-refractivity contribution in [1.29, 1.82) is 0 Å². The Bertz CT molecular complexity index is 363. The molecule has 1 atom stereocenters. The first-order valence-corrected chi connectivity index (χ1v) is 7.31. The predicted molar refractivity (Wildman–Crippen MR) is 81.1 cm³/mol. The molecule has 1 unspecified atom stereocenters. The van der Waals surface area contributed by atoms with Crippen molar-refractivity contribution >= 4 is 22.6 Å². The normalized spacial score (nSPS) is 25.4. The van der Waals surface area contributed by atoms with Gasteiger partial charge in [0.25, 0.3) is 0 Å². The molecule has 1 aromatic rings. The molecule has 0 bridgehead atoms. The second kappa shape index (κ2) is 5.67. The lowest BCUT2D eigenvalue weighted by molar-refractivity contribution is 0.265. The molecule has 17 heavy (non-hydrogen) atoms. The SMILES string of the molecule is CNCC1(C)CCN(Cc2ccc(I)cc2)C1. The number of nitrogens with one attached hydrogen (secondary N) is 1. The van der Waals surface area contributed by atoms with Crippen molar-refractivity contribution in [1.82, 2.24) is 10.2 Å². The average Bonchev–Trinajstić information content (AvgIpc) is 2.64. The van der Waals surface area contributed by atoms with Gasteiger partial charge in [0.15, 0.2) is 0 Å². The van der Waals surface area contributed by atoms with Gasteiger partial charge in [0.1, 0.15) is 0 Å². The summed E-state index contributed by atoms with van der Waals surface area (Å²) >= 11 is 2.36. The summed E-state index contributed by atoms with van der Waals surface area (Å²) in [5, 5.41) is 3.31. The summed E-state index contributed by atoms with van der Waals surface area (Å²) in [6.07, 6.45) is 1.30. The molecule has 94 valence electrons. The smallest absolute Gasteiger partial charge is 0.0233 e. The zero-order valence-corrected chi connectivity index (χ0v) is 12.8. The highest BCUT2D eigenvalue weighted by Crippen LogP contribution is 2.29. The summed E-state index contributed by atoms with van der Waals surface area (Å²) in [5.41, 5.74) is 1.89. The Morgan fingerprint density at radius 2 is 2.06 bits per heavy atom. The van der Waals surface area contributed by atoms with Gasteiger partial charge in [-0.25, -0.2) is 0 Å². The van der Waals surface area contributed by atoms with E-state index in [0.29, 0.717) is 5.41 Å². The van der Waals surface area contributed by atoms with Crippen LogP contribution in [0.5, 0.6) is 0 Å². The molecule has 1 fully saturated rings. The standard InChI is InChI=1S/C14H21IN2/c1-14(10-16-2)7-8-17(11-14)9-12-3-5-13(15)6-4-12/h3-6,16H,7-11H2,1-2H3. The molecule has 0 amide bonds. The Morgan fingerprint density at radius 1 is 1.35 bits per heavy atom. The molecule has 1 aliphatic heterocycles. The van der Waals surface area contributed by atoms with Gasteiger partial charge in [-0.3, -0.25) is 4.90 Å². The molecule has 0 aliphatic carbocycles. The number of nitrogens with zero attached hydrogens (tertiary/aromatic N) is 1. The van der Waals surface area contributed by atoms with Gasteiger partial charge in [-0.15, -0.1) is 0 Å². The molecule has 1 saturated heterocycles. The van der Waals surface area contributed by atoms with Crippen LogP contribution in [0.15, 0.2) is 24.3 Å². The van der Waals surface area contributed by atoms with Crippen molar-refractivity contribution in [2.75, 3.05) is 26.7 Å². The molecule has 1 aromatic carbocycles. The minimum atomic E-state index is 0.456. The second-order valence-corrected chi connectivity index (χ2v) is 6.67. The molecule has 1 N–H and O–H groups in total. The van der Waals surface area contributed by atoms with Crippen LogP contribution in [0.25, 0.3) is 0 Å². The first-order chi connectivity index (χ1) is 8.11. The van der Waals surface area contributed by atoms with Crippen LogP contribution < -0.4 is 5.32 Å². The van der Waals surface area contributed by atoms with E-state index < -0.39 is 0 Å². The highest BCUT2D eigenvalue weighted by Gasteiger charge is 2.32. The van der Waals surface area contributed by atoms with E-state index in [1.165, 1.54) is 28.6 Å². The molecule has 0 spiro atoms. The minimum absolute atomic E-state index is 0.456. The van der Waals surface area contributed by atoms with Gasteiger partial charge >= 0.3 is 0 Å². The van der Waals surface area contributed by atoms with Gasteiger partial charge < -0.3 is 5.32 Å². The van der Waals surface area contributed by atoms with E-state index in [4.69, 9.17) is 0 Å². The van der Waals surface area contributed by atoms with Crippen LogP contribution in [0.1, 0.15) is 18.9 Å². The van der Waals surface area contributed by atoms with Gasteiger partial charge in [0, 0.05) is 23.2 Å². The number of hydrogen-bond donors (Lipinski definition) is 1. The van der Waals surface area contributed by atoms with E-state index in [0.717, 1.165) is 13.1 Å². The highest BCUT2D eigenvalue weighted by molar-refractivity contribution is 14.1. The largest absolute Gasteiger partial charge is 0.319 e. The number of halogens is 1. The first-order valence-electron chi connectivity index (χ1n) is 6.23. The molecule has 0 saturated carbocycles. The van der Waals surface area contributed by atoms with Crippen LogP contribution in [0.2, 0.25) is 0 Å². The van der Waals surface area contributed by atoms with E-state index in [1.807, 2.05) is 7.05 Å². The third-order valence-corrected chi connectivity index (χ3v) is 4.28. The summed E-state index contributed by atoms with van der Waals surface area (Å²) < 4.78 is 1.31. The van der Waals surface area contributed by atoms with Crippen LogP contribution in [0.4, 0.5) is 0 Å². The maximum absolute atomic E-state index is 3.31. The average molecular weight is 344 g/mol. The third kappa shape index (κ3) is 3.66. The lowest BCUT2D eigenvalue weighted by Crippen LogP contribution is -2.32. The van der Waals surface area contributed by atoms with Crippen molar-refractivity contribution in [2.24, 2.45) is 5.41 Å². The van der Waals surface area contributed by atoms with Crippen molar-refractivity contribution in [2.45, 2.75) is 19.9 Å². The molecule has 3 heteroatoms. The lowest BCUT2D eigenvalue weighted by atomic mass is 9.90. The topological polar surface area (TPSA) is 15.3 Å². The zero-order valence-electron chi connectivity index (χ0n) is 10.7. The second-order valence-electron chi connectivity index (χ2n) is 5.43. The van der Waals surface area contributed by atoms with Gasteiger partial charge in [-0.2, -0.15) is 0 Å². The van der Waals surface area contributed by atoms with Gasteiger partial charge in [-0.1, -0.05) is 19.1 Å². The molecule has 1 aliphatic rings. The molecule has 0 aromatic heterocycles. The quantitative estimate of drug-likeness (QED) is 0.845. The Balaban J connectivity index is 1.91. The molecule has 0 radical (unpaired) electrons. The molecule has 2 rings (SSSR count). The number of likely N-dealkylation sites (tertiary alicyclic amines) is 1. The van der Waals surface area contributed by atoms with E-state index in [1.54, 1.807) is 0 Å². The van der Waals surface area contributed by atoms with E-state index in [2.05, 4.69) is 64.0 Å². The summed E-state index contributed by atoms with van der Waals surface area (Å²) in [6, 6.07) is 8.88. The maximum atomic E-state index is 3.31. The van der Waals surface area contributed by atoms with E-state index in [-0.39, 0.29) is 0 Å². The molecular weight excluding hydrogens is 323 g/mol. The fourth-order valence-electron chi connectivity index (χ4n) is 2.68. The van der Waals surface area contributed by atoms with E-state index in [9.17, 15) is 0 Å². The minimum Gasteiger partial charge on any atom is -0.319 e. The Morgan fingerprint density at radius 3 is 2.71 bits per heavy atom. The Labute approximate surface area is 118 Å². The first kappa shape index (κ1) is 13.3. The van der Waals surface area contributed by atoms with Crippen molar-refractivity contribution in [3.8, 4) is 0 Å². The predicted octanol–water partition coefficient (Wildman–Crippen LogP) is 2.72. The van der Waals surface area contributed by atoms with E-state index >= 15 is 0 Å². The lowest BCUT2D eigenvalue weighted by Gasteiger charge is -2.24. The Kier molecular flexibility index (Phi) is 4.44. The fourth-order valence-corrected chi connectivity index (χ4v) is 3.04. The van der Waals surface area contributed by atoms with Gasteiger partial charge in [0.2, 0.25) is 0 Å². The van der Waals surface area contributed by atoms with Crippen LogP contribution in [0, 0.1) is 8.99 Å². The highest BCUT2D eigenvalue weighted by atomic mass is 127. The summed E-state index contributed by atoms with van der Waals surface area (Å²) in [5.74, 6) is 0.